The molecular weight excluding hydrogens is 366 g/mol. The number of benzene rings is 2. The van der Waals surface area contributed by atoms with Crippen LogP contribution in [0.5, 0.6) is 0 Å². The summed E-state index contributed by atoms with van der Waals surface area (Å²) >= 11 is 0. The minimum Gasteiger partial charge on any atom is -0.356 e. The fraction of sp³-hybridized carbons (Fsp3) is 0.417. The number of para-hydroxylation sites is 1. The van der Waals surface area contributed by atoms with Crippen LogP contribution in [-0.2, 0) is 5.41 Å². The molecule has 0 aliphatic carbocycles. The second kappa shape index (κ2) is 8.08. The molecule has 0 saturated carbocycles. The van der Waals surface area contributed by atoms with Gasteiger partial charge in [-0.15, -0.1) is 12.4 Å². The van der Waals surface area contributed by atoms with Gasteiger partial charge in [0.2, 0.25) is 0 Å². The lowest BCUT2D eigenvalue weighted by molar-refractivity contribution is 0.437. The third-order valence-electron chi connectivity index (χ3n) is 5.68. The number of rotatable bonds is 2. The molecule has 1 saturated heterocycles. The van der Waals surface area contributed by atoms with E-state index in [1.165, 1.54) is 18.4 Å². The van der Waals surface area contributed by atoms with E-state index in [-0.39, 0.29) is 17.8 Å². The molecule has 28 heavy (non-hydrogen) atoms. The Morgan fingerprint density at radius 1 is 0.893 bits per heavy atom. The zero-order valence-corrected chi connectivity index (χ0v) is 18.1. The first kappa shape index (κ1) is 20.6. The van der Waals surface area contributed by atoms with Crippen molar-refractivity contribution in [2.75, 3.05) is 18.0 Å². The highest BCUT2D eigenvalue weighted by Crippen LogP contribution is 2.31. The number of nitrogens with zero attached hydrogens (tertiary/aromatic N) is 3. The van der Waals surface area contributed by atoms with Crippen LogP contribution in [0.15, 0.2) is 48.5 Å². The van der Waals surface area contributed by atoms with Gasteiger partial charge in [0.1, 0.15) is 5.82 Å². The van der Waals surface area contributed by atoms with Gasteiger partial charge in [0.15, 0.2) is 5.82 Å². The predicted octanol–water partition coefficient (Wildman–Crippen LogP) is 6.25. The van der Waals surface area contributed by atoms with Crippen molar-refractivity contribution < 1.29 is 0 Å². The highest BCUT2D eigenvalue weighted by atomic mass is 35.5. The number of anilines is 1. The van der Waals surface area contributed by atoms with Gasteiger partial charge < -0.3 is 4.90 Å². The topological polar surface area (TPSA) is 29.0 Å². The van der Waals surface area contributed by atoms with Crippen molar-refractivity contribution >= 4 is 29.1 Å². The number of aromatic nitrogens is 2. The molecule has 2 heterocycles. The molecule has 1 fully saturated rings. The molecule has 2 aromatic carbocycles. The predicted molar refractivity (Wildman–Crippen MR) is 122 cm³/mol. The first-order valence-electron chi connectivity index (χ1n) is 10.0. The van der Waals surface area contributed by atoms with Crippen molar-refractivity contribution in [3.8, 4) is 11.4 Å². The van der Waals surface area contributed by atoms with E-state index < -0.39 is 0 Å². The number of hydrogen-bond donors (Lipinski definition) is 0. The number of piperidine rings is 1. The van der Waals surface area contributed by atoms with E-state index >= 15 is 0 Å². The van der Waals surface area contributed by atoms with Gasteiger partial charge in [0.05, 0.1) is 5.52 Å². The van der Waals surface area contributed by atoms with Crippen LogP contribution in [0.2, 0.25) is 0 Å². The van der Waals surface area contributed by atoms with E-state index in [0.29, 0.717) is 0 Å². The Morgan fingerprint density at radius 3 is 2.18 bits per heavy atom. The second-order valence-electron chi connectivity index (χ2n) is 8.88. The molecule has 0 N–H and O–H groups in total. The van der Waals surface area contributed by atoms with E-state index in [4.69, 9.17) is 9.97 Å². The number of hydrogen-bond acceptors (Lipinski definition) is 3. The Kier molecular flexibility index (Phi) is 5.95. The molecule has 0 unspecified atom stereocenters. The summed E-state index contributed by atoms with van der Waals surface area (Å²) in [4.78, 5) is 12.3. The average Bonchev–Trinajstić information content (AvgIpc) is 2.67. The molecule has 0 bridgehead atoms. The van der Waals surface area contributed by atoms with Gasteiger partial charge in [-0.05, 0) is 41.9 Å². The summed E-state index contributed by atoms with van der Waals surface area (Å²) in [6, 6.07) is 17.1. The van der Waals surface area contributed by atoms with Crippen LogP contribution >= 0.6 is 12.4 Å². The summed E-state index contributed by atoms with van der Waals surface area (Å²) in [7, 11) is 0. The smallest absolute Gasteiger partial charge is 0.162 e. The van der Waals surface area contributed by atoms with Crippen LogP contribution in [0.3, 0.4) is 0 Å². The Labute approximate surface area is 174 Å². The standard InChI is InChI=1S/C24H29N3.ClH/c1-17-13-15-27(16-14-17)23-20-7-5-6-8-21(20)25-22(26-23)18-9-11-19(12-10-18)24(2,3)4;/h5-12,17H,13-16H2,1-4H3;1H. The van der Waals surface area contributed by atoms with Crippen molar-refractivity contribution in [3.05, 3.63) is 54.1 Å². The monoisotopic (exact) mass is 395 g/mol. The average molecular weight is 396 g/mol. The molecular formula is C24H30ClN3. The zero-order chi connectivity index (χ0) is 19.0. The Hall–Kier alpha value is -2.13. The van der Waals surface area contributed by atoms with Gasteiger partial charge in [-0.1, -0.05) is 64.1 Å². The summed E-state index contributed by atoms with van der Waals surface area (Å²) in [6.45, 7) is 11.2. The Bertz CT molecular complexity index is 936. The lowest BCUT2D eigenvalue weighted by Gasteiger charge is -2.32. The molecule has 0 radical (unpaired) electrons. The van der Waals surface area contributed by atoms with E-state index in [9.17, 15) is 0 Å². The van der Waals surface area contributed by atoms with E-state index in [1.807, 2.05) is 0 Å². The summed E-state index contributed by atoms with van der Waals surface area (Å²) in [6.07, 6.45) is 2.46. The normalized spacial score (nSPS) is 15.5. The van der Waals surface area contributed by atoms with Crippen molar-refractivity contribution in [1.29, 1.82) is 0 Å². The summed E-state index contributed by atoms with van der Waals surface area (Å²) < 4.78 is 0. The molecule has 4 rings (SSSR count). The van der Waals surface area contributed by atoms with E-state index in [2.05, 4.69) is 81.1 Å². The van der Waals surface area contributed by atoms with E-state index in [0.717, 1.165) is 47.1 Å². The Balaban J connectivity index is 0.00000225. The molecule has 1 aliphatic heterocycles. The van der Waals surface area contributed by atoms with Gasteiger partial charge in [-0.25, -0.2) is 9.97 Å². The van der Waals surface area contributed by atoms with Crippen LogP contribution in [0.4, 0.5) is 5.82 Å². The van der Waals surface area contributed by atoms with Gasteiger partial charge in [0.25, 0.3) is 0 Å². The van der Waals surface area contributed by atoms with Crippen molar-refractivity contribution in [3.63, 3.8) is 0 Å². The van der Waals surface area contributed by atoms with Crippen LogP contribution in [-0.4, -0.2) is 23.1 Å². The second-order valence-corrected chi connectivity index (χ2v) is 8.88. The highest BCUT2D eigenvalue weighted by molar-refractivity contribution is 5.91. The maximum Gasteiger partial charge on any atom is 0.162 e. The number of fused-ring (bicyclic) bond motifs is 1. The molecule has 3 nitrogen and oxygen atoms in total. The maximum atomic E-state index is 5.03. The Morgan fingerprint density at radius 2 is 1.54 bits per heavy atom. The van der Waals surface area contributed by atoms with Gasteiger partial charge in [0, 0.05) is 24.0 Å². The molecule has 0 spiro atoms. The van der Waals surface area contributed by atoms with Crippen molar-refractivity contribution in [2.45, 2.75) is 46.0 Å². The first-order chi connectivity index (χ1) is 12.9. The SMILES string of the molecule is CC1CCN(c2nc(-c3ccc(C(C)(C)C)cc3)nc3ccccc23)CC1.Cl. The summed E-state index contributed by atoms with van der Waals surface area (Å²) in [5, 5.41) is 1.15. The molecule has 4 heteroatoms. The van der Waals surface area contributed by atoms with Gasteiger partial charge >= 0.3 is 0 Å². The largest absolute Gasteiger partial charge is 0.356 e. The van der Waals surface area contributed by atoms with Gasteiger partial charge in [-0.2, -0.15) is 0 Å². The fourth-order valence-electron chi connectivity index (χ4n) is 3.77. The highest BCUT2D eigenvalue weighted by Gasteiger charge is 2.21. The van der Waals surface area contributed by atoms with Crippen molar-refractivity contribution in [1.82, 2.24) is 9.97 Å². The van der Waals surface area contributed by atoms with Crippen LogP contribution in [0.25, 0.3) is 22.3 Å². The van der Waals surface area contributed by atoms with Crippen molar-refractivity contribution in [2.24, 2.45) is 5.92 Å². The molecule has 3 aromatic rings. The summed E-state index contributed by atoms with van der Waals surface area (Å²) in [5.74, 6) is 2.71. The number of halogens is 1. The molecule has 1 aromatic heterocycles. The fourth-order valence-corrected chi connectivity index (χ4v) is 3.77. The lowest BCUT2D eigenvalue weighted by atomic mass is 9.86. The molecule has 0 atom stereocenters. The van der Waals surface area contributed by atoms with Crippen LogP contribution in [0.1, 0.15) is 46.1 Å². The molecule has 148 valence electrons. The first-order valence-corrected chi connectivity index (χ1v) is 10.0. The molecule has 1 aliphatic rings. The minimum absolute atomic E-state index is 0. The van der Waals surface area contributed by atoms with Crippen LogP contribution < -0.4 is 4.90 Å². The summed E-state index contributed by atoms with van der Waals surface area (Å²) in [5.41, 5.74) is 3.59. The quantitative estimate of drug-likeness (QED) is 0.513. The third kappa shape index (κ3) is 4.15. The molecule has 0 amide bonds. The van der Waals surface area contributed by atoms with E-state index in [1.54, 1.807) is 0 Å². The van der Waals surface area contributed by atoms with Crippen LogP contribution in [0, 0.1) is 5.92 Å². The maximum absolute atomic E-state index is 5.03. The minimum atomic E-state index is 0. The zero-order valence-electron chi connectivity index (χ0n) is 17.3. The third-order valence-corrected chi connectivity index (χ3v) is 5.68. The lowest BCUT2D eigenvalue weighted by Crippen LogP contribution is -2.33. The van der Waals surface area contributed by atoms with Gasteiger partial charge in [-0.3, -0.25) is 0 Å².